The smallest absolute Gasteiger partial charge is 0.229 e. The van der Waals surface area contributed by atoms with E-state index in [4.69, 9.17) is 0 Å². The summed E-state index contributed by atoms with van der Waals surface area (Å²) in [4.78, 5) is 26.3. The highest BCUT2D eigenvalue weighted by Crippen LogP contribution is 2.29. The van der Waals surface area contributed by atoms with E-state index in [1.807, 2.05) is 48.5 Å². The molecule has 0 spiro atoms. The van der Waals surface area contributed by atoms with Gasteiger partial charge in [-0.25, -0.2) is 0 Å². The van der Waals surface area contributed by atoms with Crippen LogP contribution >= 0.6 is 31.9 Å². The first-order chi connectivity index (χ1) is 11.0. The molecule has 1 atom stereocenters. The molecule has 6 heteroatoms. The molecule has 1 aliphatic heterocycles. The Morgan fingerprint density at radius 2 is 1.87 bits per heavy atom. The van der Waals surface area contributed by atoms with Gasteiger partial charge in [0, 0.05) is 27.6 Å². The second-order valence-electron chi connectivity index (χ2n) is 5.35. The van der Waals surface area contributed by atoms with Crippen LogP contribution in [0.4, 0.5) is 11.4 Å². The van der Waals surface area contributed by atoms with Crippen LogP contribution in [0, 0.1) is 5.92 Å². The summed E-state index contributed by atoms with van der Waals surface area (Å²) in [6.45, 7) is 0.406. The van der Waals surface area contributed by atoms with Crippen LogP contribution < -0.4 is 10.2 Å². The molecule has 2 amide bonds. The van der Waals surface area contributed by atoms with Gasteiger partial charge >= 0.3 is 0 Å². The number of para-hydroxylation sites is 1. The summed E-state index contributed by atoms with van der Waals surface area (Å²) in [5.41, 5.74) is 1.53. The average Bonchev–Trinajstić information content (AvgIpc) is 2.93. The van der Waals surface area contributed by atoms with Crippen molar-refractivity contribution >= 4 is 55.0 Å². The minimum atomic E-state index is -0.349. The van der Waals surface area contributed by atoms with Gasteiger partial charge in [-0.3, -0.25) is 9.59 Å². The average molecular weight is 438 g/mol. The highest BCUT2D eigenvalue weighted by atomic mass is 79.9. The number of carbonyl (C=O) groups excluding carboxylic acids is 2. The van der Waals surface area contributed by atoms with E-state index < -0.39 is 0 Å². The third kappa shape index (κ3) is 3.64. The molecule has 1 unspecified atom stereocenters. The fourth-order valence-electron chi connectivity index (χ4n) is 2.57. The molecule has 1 aliphatic rings. The van der Waals surface area contributed by atoms with E-state index in [2.05, 4.69) is 37.2 Å². The van der Waals surface area contributed by atoms with Crippen LogP contribution in [0.2, 0.25) is 0 Å². The van der Waals surface area contributed by atoms with Gasteiger partial charge in [-0.2, -0.15) is 0 Å². The van der Waals surface area contributed by atoms with Crippen molar-refractivity contribution < 1.29 is 9.59 Å². The van der Waals surface area contributed by atoms with E-state index in [0.717, 1.165) is 14.6 Å². The zero-order chi connectivity index (χ0) is 16.4. The van der Waals surface area contributed by atoms with Gasteiger partial charge in [0.2, 0.25) is 11.8 Å². The molecule has 0 radical (unpaired) electrons. The molecular weight excluding hydrogens is 424 g/mol. The Bertz CT molecular complexity index is 750. The summed E-state index contributed by atoms with van der Waals surface area (Å²) >= 11 is 6.80. The van der Waals surface area contributed by atoms with Crippen molar-refractivity contribution in [2.75, 3.05) is 16.8 Å². The molecule has 23 heavy (non-hydrogen) atoms. The van der Waals surface area contributed by atoms with E-state index in [-0.39, 0.29) is 24.2 Å². The van der Waals surface area contributed by atoms with Crippen LogP contribution in [-0.4, -0.2) is 18.4 Å². The maximum Gasteiger partial charge on any atom is 0.229 e. The lowest BCUT2D eigenvalue weighted by Gasteiger charge is -2.16. The van der Waals surface area contributed by atoms with Crippen molar-refractivity contribution in [2.45, 2.75) is 6.42 Å². The van der Waals surface area contributed by atoms with Crippen molar-refractivity contribution in [3.63, 3.8) is 0 Å². The van der Waals surface area contributed by atoms with E-state index in [9.17, 15) is 9.59 Å². The van der Waals surface area contributed by atoms with Gasteiger partial charge in [0.05, 0.1) is 11.6 Å². The molecule has 0 saturated carbocycles. The molecular formula is C17H14Br2N2O2. The Hall–Kier alpha value is -1.66. The van der Waals surface area contributed by atoms with Crippen molar-refractivity contribution in [3.05, 3.63) is 57.5 Å². The first-order valence-electron chi connectivity index (χ1n) is 7.16. The second kappa shape index (κ2) is 6.84. The van der Waals surface area contributed by atoms with Crippen LogP contribution in [0.15, 0.2) is 57.5 Å². The first-order valence-corrected chi connectivity index (χ1v) is 8.74. The summed E-state index contributed by atoms with van der Waals surface area (Å²) in [6, 6.07) is 15.0. The Morgan fingerprint density at radius 3 is 2.57 bits per heavy atom. The quantitative estimate of drug-likeness (QED) is 0.782. The number of halogens is 2. The molecule has 0 aliphatic carbocycles. The lowest BCUT2D eigenvalue weighted by atomic mass is 10.1. The summed E-state index contributed by atoms with van der Waals surface area (Å²) in [5, 5.41) is 2.89. The number of rotatable bonds is 3. The lowest BCUT2D eigenvalue weighted by molar-refractivity contribution is -0.122. The lowest BCUT2D eigenvalue weighted by Crippen LogP contribution is -2.28. The van der Waals surface area contributed by atoms with Crippen molar-refractivity contribution in [2.24, 2.45) is 5.92 Å². The summed E-state index contributed by atoms with van der Waals surface area (Å²) in [5.74, 6) is -0.510. The SMILES string of the molecule is O=C(Nc1ccc(Br)cc1Br)C1CC(=O)N(c2ccccc2)C1. The van der Waals surface area contributed by atoms with Crippen molar-refractivity contribution in [1.29, 1.82) is 0 Å². The predicted molar refractivity (Wildman–Crippen MR) is 97.4 cm³/mol. The van der Waals surface area contributed by atoms with E-state index in [1.54, 1.807) is 4.90 Å². The van der Waals surface area contributed by atoms with E-state index in [1.165, 1.54) is 0 Å². The van der Waals surface area contributed by atoms with Gasteiger partial charge in [0.25, 0.3) is 0 Å². The molecule has 118 valence electrons. The largest absolute Gasteiger partial charge is 0.325 e. The minimum absolute atomic E-state index is 0.0220. The van der Waals surface area contributed by atoms with Crippen LogP contribution in [0.25, 0.3) is 0 Å². The van der Waals surface area contributed by atoms with Crippen LogP contribution in [0.5, 0.6) is 0 Å². The molecule has 0 bridgehead atoms. The molecule has 1 N–H and O–H groups in total. The third-order valence-electron chi connectivity index (χ3n) is 3.75. The zero-order valence-electron chi connectivity index (χ0n) is 12.1. The van der Waals surface area contributed by atoms with Gasteiger partial charge < -0.3 is 10.2 Å². The Kier molecular flexibility index (Phi) is 4.82. The van der Waals surface area contributed by atoms with Crippen LogP contribution in [-0.2, 0) is 9.59 Å². The Labute approximate surface area is 151 Å². The number of nitrogens with one attached hydrogen (secondary N) is 1. The normalized spacial score (nSPS) is 17.4. The Morgan fingerprint density at radius 1 is 1.13 bits per heavy atom. The van der Waals surface area contributed by atoms with Crippen molar-refractivity contribution in [3.8, 4) is 0 Å². The Balaban J connectivity index is 1.71. The maximum atomic E-state index is 12.5. The van der Waals surface area contributed by atoms with Crippen LogP contribution in [0.1, 0.15) is 6.42 Å². The predicted octanol–water partition coefficient (Wildman–Crippen LogP) is 4.20. The fraction of sp³-hybridized carbons (Fsp3) is 0.176. The highest BCUT2D eigenvalue weighted by molar-refractivity contribution is 9.11. The third-order valence-corrected chi connectivity index (χ3v) is 4.90. The topological polar surface area (TPSA) is 49.4 Å². The molecule has 3 rings (SSSR count). The van der Waals surface area contributed by atoms with Gasteiger partial charge in [0.1, 0.15) is 0 Å². The molecule has 2 aromatic carbocycles. The number of hydrogen-bond donors (Lipinski definition) is 1. The molecule has 1 fully saturated rings. The first kappa shape index (κ1) is 16.2. The number of carbonyl (C=O) groups is 2. The number of anilines is 2. The number of amides is 2. The minimum Gasteiger partial charge on any atom is -0.325 e. The standard InChI is InChI=1S/C17H14Br2N2O2/c18-12-6-7-15(14(19)9-12)20-17(23)11-8-16(22)21(10-11)13-4-2-1-3-5-13/h1-7,9,11H,8,10H2,(H,20,23). The zero-order valence-corrected chi connectivity index (χ0v) is 15.3. The fourth-order valence-corrected chi connectivity index (χ4v) is 3.71. The van der Waals surface area contributed by atoms with Gasteiger partial charge in [-0.15, -0.1) is 0 Å². The summed E-state index contributed by atoms with van der Waals surface area (Å²) < 4.78 is 1.72. The molecule has 2 aromatic rings. The molecule has 0 aromatic heterocycles. The van der Waals surface area contributed by atoms with Gasteiger partial charge in [-0.1, -0.05) is 34.1 Å². The van der Waals surface area contributed by atoms with E-state index >= 15 is 0 Å². The second-order valence-corrected chi connectivity index (χ2v) is 7.12. The molecule has 1 saturated heterocycles. The molecule has 1 heterocycles. The summed E-state index contributed by atoms with van der Waals surface area (Å²) in [6.07, 6.45) is 0.231. The number of hydrogen-bond acceptors (Lipinski definition) is 2. The maximum absolute atomic E-state index is 12.5. The number of benzene rings is 2. The van der Waals surface area contributed by atoms with Crippen LogP contribution in [0.3, 0.4) is 0 Å². The monoisotopic (exact) mass is 436 g/mol. The highest BCUT2D eigenvalue weighted by Gasteiger charge is 2.35. The van der Waals surface area contributed by atoms with Crippen molar-refractivity contribution in [1.82, 2.24) is 0 Å². The van der Waals surface area contributed by atoms with E-state index in [0.29, 0.717) is 12.2 Å². The summed E-state index contributed by atoms with van der Waals surface area (Å²) in [7, 11) is 0. The van der Waals surface area contributed by atoms with Gasteiger partial charge in [-0.05, 0) is 46.3 Å². The molecule has 4 nitrogen and oxygen atoms in total. The number of nitrogens with zero attached hydrogens (tertiary/aromatic N) is 1. The van der Waals surface area contributed by atoms with Gasteiger partial charge in [0.15, 0.2) is 0 Å².